The highest BCUT2D eigenvalue weighted by molar-refractivity contribution is 6.42. The topological polar surface area (TPSA) is 79.0 Å². The van der Waals surface area contributed by atoms with Crippen LogP contribution in [-0.4, -0.2) is 16.7 Å². The highest BCUT2D eigenvalue weighted by Crippen LogP contribution is 2.15. The summed E-state index contributed by atoms with van der Waals surface area (Å²) in [6.07, 6.45) is 1.31. The molecule has 0 saturated carbocycles. The van der Waals surface area contributed by atoms with Crippen molar-refractivity contribution in [3.8, 4) is 0 Å². The van der Waals surface area contributed by atoms with Crippen LogP contribution in [-0.2, 0) is 16.0 Å². The number of rotatable bonds is 0. The van der Waals surface area contributed by atoms with E-state index in [-0.39, 0.29) is 12.0 Å². The van der Waals surface area contributed by atoms with Crippen molar-refractivity contribution in [1.82, 2.24) is 4.98 Å². The molecule has 0 fully saturated rings. The summed E-state index contributed by atoms with van der Waals surface area (Å²) in [5, 5.41) is 2.34. The number of aromatic nitrogens is 1. The summed E-state index contributed by atoms with van der Waals surface area (Å²) < 4.78 is 0. The van der Waals surface area contributed by atoms with E-state index in [1.165, 1.54) is 6.20 Å². The zero-order chi connectivity index (χ0) is 9.42. The van der Waals surface area contributed by atoms with E-state index < -0.39 is 11.7 Å². The number of hydrogen-bond donors (Lipinski definition) is 2. The van der Waals surface area contributed by atoms with Gasteiger partial charge in [-0.2, -0.15) is 0 Å². The molecule has 1 amide bonds. The van der Waals surface area contributed by atoms with Crippen molar-refractivity contribution in [3.63, 3.8) is 0 Å². The number of H-pyrrole nitrogens is 1. The largest absolute Gasteiger partial charge is 0.329 e. The maximum absolute atomic E-state index is 11.2. The maximum atomic E-state index is 11.2. The van der Waals surface area contributed by atoms with E-state index in [0.717, 1.165) is 0 Å². The minimum Gasteiger partial charge on any atom is -0.329 e. The van der Waals surface area contributed by atoms with E-state index in [1.807, 2.05) is 0 Å². The lowest BCUT2D eigenvalue weighted by atomic mass is 10.0. The SMILES string of the molecule is O=C1Cc2c(cc[nH]c2=O)NC1=O. The van der Waals surface area contributed by atoms with Gasteiger partial charge in [-0.3, -0.25) is 14.4 Å². The Bertz CT molecular complexity index is 447. The molecule has 13 heavy (non-hydrogen) atoms. The Morgan fingerprint density at radius 3 is 2.77 bits per heavy atom. The van der Waals surface area contributed by atoms with Crippen molar-refractivity contribution in [2.45, 2.75) is 6.42 Å². The number of fused-ring (bicyclic) bond motifs is 1. The molecule has 2 N–H and O–H groups in total. The van der Waals surface area contributed by atoms with E-state index in [2.05, 4.69) is 10.3 Å². The van der Waals surface area contributed by atoms with Crippen molar-refractivity contribution >= 4 is 17.4 Å². The fourth-order valence-corrected chi connectivity index (χ4v) is 1.24. The van der Waals surface area contributed by atoms with Gasteiger partial charge in [-0.15, -0.1) is 0 Å². The third-order valence-electron chi connectivity index (χ3n) is 1.90. The number of aromatic amines is 1. The molecule has 0 spiro atoms. The number of carbonyl (C=O) groups excluding carboxylic acids is 2. The van der Waals surface area contributed by atoms with Crippen LogP contribution in [0.25, 0.3) is 0 Å². The van der Waals surface area contributed by atoms with Gasteiger partial charge in [-0.25, -0.2) is 0 Å². The van der Waals surface area contributed by atoms with Crippen LogP contribution >= 0.6 is 0 Å². The van der Waals surface area contributed by atoms with E-state index in [0.29, 0.717) is 11.3 Å². The van der Waals surface area contributed by atoms with Gasteiger partial charge in [-0.1, -0.05) is 0 Å². The molecule has 2 heterocycles. The van der Waals surface area contributed by atoms with Crippen LogP contribution < -0.4 is 10.9 Å². The molecule has 0 saturated heterocycles. The van der Waals surface area contributed by atoms with E-state index >= 15 is 0 Å². The molecule has 0 unspecified atom stereocenters. The Morgan fingerprint density at radius 2 is 2.00 bits per heavy atom. The first kappa shape index (κ1) is 7.72. The van der Waals surface area contributed by atoms with Crippen molar-refractivity contribution in [2.75, 3.05) is 5.32 Å². The van der Waals surface area contributed by atoms with Crippen molar-refractivity contribution < 1.29 is 9.59 Å². The molecule has 1 aliphatic heterocycles. The molecular weight excluding hydrogens is 172 g/mol. The Balaban J connectivity index is 2.60. The third kappa shape index (κ3) is 1.14. The molecular formula is C8H6N2O3. The molecule has 0 radical (unpaired) electrons. The molecule has 1 aromatic heterocycles. The third-order valence-corrected chi connectivity index (χ3v) is 1.90. The number of pyridine rings is 1. The van der Waals surface area contributed by atoms with Crippen molar-refractivity contribution in [2.24, 2.45) is 0 Å². The van der Waals surface area contributed by atoms with Gasteiger partial charge in [0.15, 0.2) is 0 Å². The summed E-state index contributed by atoms with van der Waals surface area (Å²) in [6, 6.07) is 1.56. The number of amides is 1. The van der Waals surface area contributed by atoms with Gasteiger partial charge in [0.1, 0.15) is 0 Å². The highest BCUT2D eigenvalue weighted by atomic mass is 16.2. The molecule has 0 aliphatic carbocycles. The molecule has 0 atom stereocenters. The number of ketones is 1. The summed E-state index contributed by atoms with van der Waals surface area (Å²) in [5.41, 5.74) is 0.423. The smallest absolute Gasteiger partial charge is 0.292 e. The molecule has 66 valence electrons. The van der Waals surface area contributed by atoms with E-state index in [4.69, 9.17) is 0 Å². The Kier molecular flexibility index (Phi) is 1.51. The molecule has 1 aromatic rings. The quantitative estimate of drug-likeness (QED) is 0.522. The van der Waals surface area contributed by atoms with E-state index in [9.17, 15) is 14.4 Å². The van der Waals surface area contributed by atoms with Crippen molar-refractivity contribution in [1.29, 1.82) is 0 Å². The second-order valence-electron chi connectivity index (χ2n) is 2.75. The molecule has 0 bridgehead atoms. The van der Waals surface area contributed by atoms with Crippen LogP contribution in [0.5, 0.6) is 0 Å². The van der Waals surface area contributed by atoms with Gasteiger partial charge in [0.25, 0.3) is 11.5 Å². The van der Waals surface area contributed by atoms with Gasteiger partial charge in [0, 0.05) is 18.2 Å². The van der Waals surface area contributed by atoms with Crippen LogP contribution in [0.4, 0.5) is 5.69 Å². The monoisotopic (exact) mass is 178 g/mol. The Morgan fingerprint density at radius 1 is 1.23 bits per heavy atom. The number of nitrogens with one attached hydrogen (secondary N) is 2. The van der Waals surface area contributed by atoms with Crippen LogP contribution in [0.3, 0.4) is 0 Å². The predicted molar refractivity (Wildman–Crippen MR) is 44.4 cm³/mol. The highest BCUT2D eigenvalue weighted by Gasteiger charge is 2.24. The maximum Gasteiger partial charge on any atom is 0.292 e. The zero-order valence-electron chi connectivity index (χ0n) is 6.59. The first-order valence-corrected chi connectivity index (χ1v) is 3.73. The minimum atomic E-state index is -0.655. The summed E-state index contributed by atoms with van der Waals surface area (Å²) in [6.45, 7) is 0. The second kappa shape index (κ2) is 2.55. The minimum absolute atomic E-state index is 0.114. The molecule has 5 nitrogen and oxygen atoms in total. The lowest BCUT2D eigenvalue weighted by Crippen LogP contribution is -2.33. The van der Waals surface area contributed by atoms with Gasteiger partial charge < -0.3 is 10.3 Å². The first-order valence-electron chi connectivity index (χ1n) is 3.73. The summed E-state index contributed by atoms with van der Waals surface area (Å²) >= 11 is 0. The average Bonchev–Trinajstić information content (AvgIpc) is 2.09. The molecule has 0 aromatic carbocycles. The first-order chi connectivity index (χ1) is 6.18. The van der Waals surface area contributed by atoms with Gasteiger partial charge in [-0.05, 0) is 6.07 Å². The summed E-state index contributed by atoms with van der Waals surface area (Å²) in [4.78, 5) is 35.4. The predicted octanol–water partition coefficient (Wildman–Crippen LogP) is -0.561. The Labute approximate surface area is 72.8 Å². The molecule has 1 aliphatic rings. The average molecular weight is 178 g/mol. The fraction of sp³-hybridized carbons (Fsp3) is 0.125. The number of carbonyl (C=O) groups is 2. The zero-order valence-corrected chi connectivity index (χ0v) is 6.59. The summed E-state index contributed by atoms with van der Waals surface area (Å²) in [7, 11) is 0. The lowest BCUT2D eigenvalue weighted by molar-refractivity contribution is -0.134. The number of Topliss-reactive ketones (excluding diaryl/α,β-unsaturated/α-hetero) is 1. The number of hydrogen-bond acceptors (Lipinski definition) is 3. The van der Waals surface area contributed by atoms with Crippen LogP contribution in [0, 0.1) is 0 Å². The van der Waals surface area contributed by atoms with Gasteiger partial charge >= 0.3 is 0 Å². The lowest BCUT2D eigenvalue weighted by Gasteiger charge is -2.13. The normalized spacial score (nSPS) is 15.1. The summed E-state index contributed by atoms with van der Waals surface area (Å²) in [5.74, 6) is -1.23. The van der Waals surface area contributed by atoms with Crippen LogP contribution in [0.15, 0.2) is 17.1 Å². The van der Waals surface area contributed by atoms with Gasteiger partial charge in [0.05, 0.1) is 5.69 Å². The van der Waals surface area contributed by atoms with Crippen molar-refractivity contribution in [3.05, 3.63) is 28.2 Å². The molecule has 5 heteroatoms. The Hall–Kier alpha value is -1.91. The van der Waals surface area contributed by atoms with Crippen LogP contribution in [0.1, 0.15) is 5.56 Å². The number of anilines is 1. The molecule has 2 rings (SSSR count). The fourth-order valence-electron chi connectivity index (χ4n) is 1.24. The van der Waals surface area contributed by atoms with Crippen LogP contribution in [0.2, 0.25) is 0 Å². The second-order valence-corrected chi connectivity index (χ2v) is 2.75. The van der Waals surface area contributed by atoms with E-state index in [1.54, 1.807) is 6.07 Å². The van der Waals surface area contributed by atoms with Gasteiger partial charge in [0.2, 0.25) is 5.78 Å². The standard InChI is InChI=1S/C8H6N2O3/c11-6-3-4-5(10-8(6)13)1-2-9-7(4)12/h1-2H,3H2,(H,9,12)(H,10,13).